The summed E-state index contributed by atoms with van der Waals surface area (Å²) in [6.07, 6.45) is -0.0930. The molecule has 1 N–H and O–H groups in total. The fraction of sp³-hybridized carbons (Fsp3) is 0.467. The SMILES string of the molecule is CC(C)(C)C(O)Cc1nc(CSc2ccccc2)no1. The fourth-order valence-corrected chi connectivity index (χ4v) is 2.33. The van der Waals surface area contributed by atoms with Crippen LogP contribution >= 0.6 is 11.8 Å². The smallest absolute Gasteiger partial charge is 0.229 e. The first-order chi connectivity index (χ1) is 9.45. The molecular formula is C15H20N2O2S. The zero-order chi connectivity index (χ0) is 14.6. The highest BCUT2D eigenvalue weighted by molar-refractivity contribution is 7.98. The molecule has 0 amide bonds. The van der Waals surface area contributed by atoms with Crippen LogP contribution in [0.15, 0.2) is 39.8 Å². The molecule has 20 heavy (non-hydrogen) atoms. The number of aliphatic hydroxyl groups excluding tert-OH is 1. The highest BCUT2D eigenvalue weighted by Crippen LogP contribution is 2.23. The molecule has 0 aliphatic carbocycles. The number of benzene rings is 1. The summed E-state index contributed by atoms with van der Waals surface area (Å²) in [5.74, 6) is 1.82. The maximum absolute atomic E-state index is 10.0. The Balaban J connectivity index is 1.89. The highest BCUT2D eigenvalue weighted by Gasteiger charge is 2.24. The molecule has 0 fully saturated rings. The van der Waals surface area contributed by atoms with Crippen LogP contribution in [0.2, 0.25) is 0 Å². The van der Waals surface area contributed by atoms with Crippen LogP contribution in [0.25, 0.3) is 0 Å². The summed E-state index contributed by atoms with van der Waals surface area (Å²) >= 11 is 1.66. The zero-order valence-corrected chi connectivity index (χ0v) is 12.9. The summed E-state index contributed by atoms with van der Waals surface area (Å²) < 4.78 is 5.18. The van der Waals surface area contributed by atoms with Crippen molar-refractivity contribution in [1.29, 1.82) is 0 Å². The maximum atomic E-state index is 10.0. The maximum Gasteiger partial charge on any atom is 0.229 e. The first-order valence-electron chi connectivity index (χ1n) is 6.62. The van der Waals surface area contributed by atoms with Gasteiger partial charge in [0.15, 0.2) is 5.82 Å². The van der Waals surface area contributed by atoms with E-state index in [-0.39, 0.29) is 5.41 Å². The van der Waals surface area contributed by atoms with Gasteiger partial charge < -0.3 is 9.63 Å². The van der Waals surface area contributed by atoms with Crippen molar-refractivity contribution in [2.24, 2.45) is 5.41 Å². The third-order valence-corrected chi connectivity index (χ3v) is 4.00. The fourth-order valence-electron chi connectivity index (χ4n) is 1.57. The largest absolute Gasteiger partial charge is 0.392 e. The predicted molar refractivity (Wildman–Crippen MR) is 79.5 cm³/mol. The third-order valence-electron chi connectivity index (χ3n) is 2.99. The van der Waals surface area contributed by atoms with Crippen LogP contribution in [0.4, 0.5) is 0 Å². The van der Waals surface area contributed by atoms with E-state index in [0.29, 0.717) is 23.9 Å². The Morgan fingerprint density at radius 1 is 1.25 bits per heavy atom. The number of hydrogen-bond acceptors (Lipinski definition) is 5. The highest BCUT2D eigenvalue weighted by atomic mass is 32.2. The lowest BCUT2D eigenvalue weighted by molar-refractivity contribution is 0.0565. The van der Waals surface area contributed by atoms with Gasteiger partial charge in [-0.25, -0.2) is 0 Å². The van der Waals surface area contributed by atoms with E-state index >= 15 is 0 Å². The summed E-state index contributed by atoms with van der Waals surface area (Å²) in [5.41, 5.74) is -0.187. The van der Waals surface area contributed by atoms with E-state index in [1.807, 2.05) is 39.0 Å². The van der Waals surface area contributed by atoms with Crippen molar-refractivity contribution in [3.63, 3.8) is 0 Å². The van der Waals surface area contributed by atoms with Gasteiger partial charge in [0, 0.05) is 4.90 Å². The molecule has 5 heteroatoms. The average Bonchev–Trinajstić information content (AvgIpc) is 2.84. The van der Waals surface area contributed by atoms with Gasteiger partial charge in [-0.2, -0.15) is 4.98 Å². The van der Waals surface area contributed by atoms with E-state index in [4.69, 9.17) is 4.52 Å². The second-order valence-electron chi connectivity index (χ2n) is 5.79. The van der Waals surface area contributed by atoms with Gasteiger partial charge >= 0.3 is 0 Å². The molecule has 0 saturated carbocycles. The topological polar surface area (TPSA) is 59.2 Å². The molecule has 108 valence electrons. The summed E-state index contributed by atoms with van der Waals surface area (Å²) in [7, 11) is 0. The molecule has 1 aromatic carbocycles. The molecule has 1 unspecified atom stereocenters. The lowest BCUT2D eigenvalue weighted by Gasteiger charge is -2.24. The lowest BCUT2D eigenvalue weighted by Crippen LogP contribution is -2.28. The van der Waals surface area contributed by atoms with E-state index in [0.717, 1.165) is 0 Å². The van der Waals surface area contributed by atoms with E-state index in [9.17, 15) is 5.11 Å². The van der Waals surface area contributed by atoms with Gasteiger partial charge in [-0.3, -0.25) is 0 Å². The quantitative estimate of drug-likeness (QED) is 0.857. The second-order valence-corrected chi connectivity index (χ2v) is 6.84. The Labute approximate surface area is 123 Å². The van der Waals surface area contributed by atoms with Crippen molar-refractivity contribution in [3.8, 4) is 0 Å². The van der Waals surface area contributed by atoms with Crippen molar-refractivity contribution < 1.29 is 9.63 Å². The Hall–Kier alpha value is -1.33. The van der Waals surface area contributed by atoms with Crippen LogP contribution in [-0.2, 0) is 12.2 Å². The molecular weight excluding hydrogens is 272 g/mol. The minimum absolute atomic E-state index is 0.187. The predicted octanol–water partition coefficient (Wildman–Crippen LogP) is 3.31. The molecule has 0 radical (unpaired) electrons. The van der Waals surface area contributed by atoms with Gasteiger partial charge in [-0.05, 0) is 17.5 Å². The van der Waals surface area contributed by atoms with Crippen molar-refractivity contribution in [2.75, 3.05) is 0 Å². The first kappa shape index (κ1) is 15.1. The lowest BCUT2D eigenvalue weighted by atomic mass is 9.87. The first-order valence-corrected chi connectivity index (χ1v) is 7.61. The molecule has 0 aliphatic rings. The van der Waals surface area contributed by atoms with Gasteiger partial charge in [0.2, 0.25) is 5.89 Å². The standard InChI is InChI=1S/C15H20N2O2S/c1-15(2,3)12(18)9-14-16-13(17-19-14)10-20-11-7-5-4-6-8-11/h4-8,12,18H,9-10H2,1-3H3. The Morgan fingerprint density at radius 2 is 1.95 bits per heavy atom. The third kappa shape index (κ3) is 4.35. The Bertz CT molecular complexity index is 534. The number of aromatic nitrogens is 2. The van der Waals surface area contributed by atoms with E-state index in [1.165, 1.54) is 4.90 Å². The van der Waals surface area contributed by atoms with E-state index in [1.54, 1.807) is 11.8 Å². The molecule has 0 bridgehead atoms. The number of thioether (sulfide) groups is 1. The number of aliphatic hydroxyl groups is 1. The summed E-state index contributed by atoms with van der Waals surface area (Å²) in [4.78, 5) is 5.49. The summed E-state index contributed by atoms with van der Waals surface area (Å²) in [6, 6.07) is 10.1. The van der Waals surface area contributed by atoms with Gasteiger partial charge in [0.1, 0.15) is 0 Å². The molecule has 1 aromatic heterocycles. The van der Waals surface area contributed by atoms with Crippen LogP contribution in [-0.4, -0.2) is 21.4 Å². The number of nitrogens with zero attached hydrogens (tertiary/aromatic N) is 2. The zero-order valence-electron chi connectivity index (χ0n) is 12.0. The van der Waals surface area contributed by atoms with Crippen LogP contribution < -0.4 is 0 Å². The number of rotatable bonds is 5. The molecule has 1 atom stereocenters. The Kier molecular flexibility index (Phi) is 4.83. The van der Waals surface area contributed by atoms with Crippen molar-refractivity contribution >= 4 is 11.8 Å². The van der Waals surface area contributed by atoms with Crippen molar-refractivity contribution in [2.45, 2.75) is 43.9 Å². The summed E-state index contributed by atoms with van der Waals surface area (Å²) in [6.45, 7) is 5.96. The monoisotopic (exact) mass is 292 g/mol. The average molecular weight is 292 g/mol. The van der Waals surface area contributed by atoms with Gasteiger partial charge in [-0.15, -0.1) is 11.8 Å². The molecule has 4 nitrogen and oxygen atoms in total. The van der Waals surface area contributed by atoms with Gasteiger partial charge in [-0.1, -0.05) is 44.1 Å². The van der Waals surface area contributed by atoms with Crippen LogP contribution in [0.5, 0.6) is 0 Å². The van der Waals surface area contributed by atoms with Gasteiger partial charge in [0.25, 0.3) is 0 Å². The summed E-state index contributed by atoms with van der Waals surface area (Å²) in [5, 5.41) is 14.0. The molecule has 1 heterocycles. The molecule has 2 aromatic rings. The number of hydrogen-bond donors (Lipinski definition) is 1. The van der Waals surface area contributed by atoms with Crippen molar-refractivity contribution in [1.82, 2.24) is 10.1 Å². The molecule has 0 spiro atoms. The minimum Gasteiger partial charge on any atom is -0.392 e. The minimum atomic E-state index is -0.488. The second kappa shape index (κ2) is 6.41. The van der Waals surface area contributed by atoms with Crippen LogP contribution in [0.1, 0.15) is 32.5 Å². The Morgan fingerprint density at radius 3 is 2.60 bits per heavy atom. The van der Waals surface area contributed by atoms with E-state index in [2.05, 4.69) is 22.3 Å². The van der Waals surface area contributed by atoms with Crippen molar-refractivity contribution in [3.05, 3.63) is 42.0 Å². The van der Waals surface area contributed by atoms with Crippen LogP contribution in [0.3, 0.4) is 0 Å². The van der Waals surface area contributed by atoms with Crippen LogP contribution in [0, 0.1) is 5.41 Å². The molecule has 0 saturated heterocycles. The van der Waals surface area contributed by atoms with Gasteiger partial charge in [0.05, 0.1) is 18.3 Å². The van der Waals surface area contributed by atoms with E-state index < -0.39 is 6.10 Å². The molecule has 0 aliphatic heterocycles. The molecule has 2 rings (SSSR count). The normalized spacial score (nSPS) is 13.4.